The van der Waals surface area contributed by atoms with Crippen LogP contribution in [0, 0.1) is 5.92 Å². The zero-order valence-corrected chi connectivity index (χ0v) is 12.8. The van der Waals surface area contributed by atoms with Gasteiger partial charge in [-0.1, -0.05) is 13.8 Å². The molecule has 1 unspecified atom stereocenters. The van der Waals surface area contributed by atoms with E-state index in [2.05, 4.69) is 10.4 Å². The Kier molecular flexibility index (Phi) is 4.65. The van der Waals surface area contributed by atoms with Crippen LogP contribution in [0.1, 0.15) is 62.1 Å². The molecule has 6 heteroatoms. The highest BCUT2D eigenvalue weighted by Crippen LogP contribution is 2.34. The molecule has 0 aromatic carbocycles. The maximum Gasteiger partial charge on any atom is 0.305 e. The molecule has 1 amide bonds. The molecule has 21 heavy (non-hydrogen) atoms. The van der Waals surface area contributed by atoms with Crippen LogP contribution in [0.5, 0.6) is 0 Å². The minimum Gasteiger partial charge on any atom is -0.481 e. The number of carboxylic acid groups (broad SMARTS) is 1. The van der Waals surface area contributed by atoms with Crippen molar-refractivity contribution in [3.05, 3.63) is 17.5 Å². The van der Waals surface area contributed by atoms with Gasteiger partial charge in [0.15, 0.2) is 0 Å². The first kappa shape index (κ1) is 15.5. The van der Waals surface area contributed by atoms with E-state index in [1.165, 1.54) is 0 Å². The van der Waals surface area contributed by atoms with Gasteiger partial charge < -0.3 is 10.4 Å². The smallest absolute Gasteiger partial charge is 0.305 e. The number of aliphatic carboxylic acids is 1. The van der Waals surface area contributed by atoms with E-state index in [4.69, 9.17) is 5.11 Å². The highest BCUT2D eigenvalue weighted by atomic mass is 16.4. The van der Waals surface area contributed by atoms with Crippen molar-refractivity contribution in [2.75, 3.05) is 0 Å². The summed E-state index contributed by atoms with van der Waals surface area (Å²) in [6, 6.07) is 1.52. The number of hydrogen-bond acceptors (Lipinski definition) is 3. The third kappa shape index (κ3) is 3.83. The largest absolute Gasteiger partial charge is 0.481 e. The number of carbonyl (C=O) groups excluding carboxylic acids is 1. The lowest BCUT2D eigenvalue weighted by Crippen LogP contribution is -2.39. The lowest BCUT2D eigenvalue weighted by Gasteiger charge is -2.16. The molecule has 1 aromatic heterocycles. The molecule has 1 aliphatic rings. The first-order valence-corrected chi connectivity index (χ1v) is 7.52. The summed E-state index contributed by atoms with van der Waals surface area (Å²) in [5.41, 5.74) is 1.39. The topological polar surface area (TPSA) is 84.2 Å². The molecule has 1 aliphatic carbocycles. The van der Waals surface area contributed by atoms with Gasteiger partial charge in [-0.3, -0.25) is 14.3 Å². The van der Waals surface area contributed by atoms with Gasteiger partial charge in [0.05, 0.1) is 12.1 Å². The Morgan fingerprint density at radius 1 is 1.48 bits per heavy atom. The van der Waals surface area contributed by atoms with Gasteiger partial charge in [0.25, 0.3) is 5.91 Å². The number of amides is 1. The minimum absolute atomic E-state index is 0.0201. The molecule has 1 aromatic rings. The van der Waals surface area contributed by atoms with Crippen LogP contribution in [0.2, 0.25) is 0 Å². The van der Waals surface area contributed by atoms with Gasteiger partial charge in [0, 0.05) is 12.6 Å². The maximum atomic E-state index is 12.4. The summed E-state index contributed by atoms with van der Waals surface area (Å²) >= 11 is 0. The third-order valence-electron chi connectivity index (χ3n) is 3.82. The Bertz CT molecular complexity index is 532. The highest BCUT2D eigenvalue weighted by Gasteiger charge is 2.34. The number of nitrogens with one attached hydrogen (secondary N) is 1. The SMILES string of the molecule is CCn1nc(C(C)C)cc1C(=O)NC(CC(=O)O)C1CC1. The molecule has 0 bridgehead atoms. The molecule has 1 heterocycles. The Labute approximate surface area is 124 Å². The van der Waals surface area contributed by atoms with Crippen LogP contribution in [-0.4, -0.2) is 32.8 Å². The van der Waals surface area contributed by atoms with E-state index >= 15 is 0 Å². The number of aromatic nitrogens is 2. The van der Waals surface area contributed by atoms with Crippen molar-refractivity contribution in [2.24, 2.45) is 5.92 Å². The number of carbonyl (C=O) groups is 2. The maximum absolute atomic E-state index is 12.4. The quantitative estimate of drug-likeness (QED) is 0.805. The van der Waals surface area contributed by atoms with E-state index in [9.17, 15) is 9.59 Å². The lowest BCUT2D eigenvalue weighted by molar-refractivity contribution is -0.137. The molecule has 1 atom stereocenters. The second kappa shape index (κ2) is 6.28. The van der Waals surface area contributed by atoms with Gasteiger partial charge >= 0.3 is 5.97 Å². The molecule has 2 N–H and O–H groups in total. The van der Waals surface area contributed by atoms with Gasteiger partial charge in [0.1, 0.15) is 5.69 Å². The van der Waals surface area contributed by atoms with E-state index in [0.29, 0.717) is 18.2 Å². The Morgan fingerprint density at radius 2 is 2.14 bits per heavy atom. The van der Waals surface area contributed by atoms with E-state index in [1.54, 1.807) is 10.7 Å². The number of nitrogens with zero attached hydrogens (tertiary/aromatic N) is 2. The fourth-order valence-corrected chi connectivity index (χ4v) is 2.41. The summed E-state index contributed by atoms with van der Waals surface area (Å²) in [6.45, 7) is 6.61. The predicted octanol–water partition coefficient (Wildman–Crippen LogP) is 2.01. The van der Waals surface area contributed by atoms with E-state index < -0.39 is 5.97 Å². The van der Waals surface area contributed by atoms with Crippen LogP contribution in [0.25, 0.3) is 0 Å². The molecule has 1 saturated carbocycles. The summed E-state index contributed by atoms with van der Waals surface area (Å²) in [5.74, 6) is -0.552. The average Bonchev–Trinajstić information content (AvgIpc) is 3.15. The number of carboxylic acids is 1. The van der Waals surface area contributed by atoms with Crippen molar-refractivity contribution >= 4 is 11.9 Å². The molecule has 0 aliphatic heterocycles. The van der Waals surface area contributed by atoms with Crippen molar-refractivity contribution in [3.8, 4) is 0 Å². The Morgan fingerprint density at radius 3 is 2.62 bits per heavy atom. The average molecular weight is 293 g/mol. The van der Waals surface area contributed by atoms with E-state index in [-0.39, 0.29) is 24.3 Å². The van der Waals surface area contributed by atoms with Gasteiger partial charge in [-0.25, -0.2) is 0 Å². The van der Waals surface area contributed by atoms with Crippen molar-refractivity contribution in [1.29, 1.82) is 0 Å². The molecular weight excluding hydrogens is 270 g/mol. The number of hydrogen-bond donors (Lipinski definition) is 2. The van der Waals surface area contributed by atoms with Crippen molar-refractivity contribution in [1.82, 2.24) is 15.1 Å². The summed E-state index contributed by atoms with van der Waals surface area (Å²) < 4.78 is 1.68. The molecule has 2 rings (SSSR count). The van der Waals surface area contributed by atoms with Crippen LogP contribution >= 0.6 is 0 Å². The van der Waals surface area contributed by atoms with Crippen LogP contribution < -0.4 is 5.32 Å². The number of rotatable bonds is 7. The lowest BCUT2D eigenvalue weighted by atomic mass is 10.1. The third-order valence-corrected chi connectivity index (χ3v) is 3.82. The van der Waals surface area contributed by atoms with Crippen molar-refractivity contribution in [2.45, 2.75) is 58.5 Å². The van der Waals surface area contributed by atoms with Gasteiger partial charge in [0.2, 0.25) is 0 Å². The normalized spacial score (nSPS) is 16.0. The molecular formula is C15H23N3O3. The monoisotopic (exact) mass is 293 g/mol. The van der Waals surface area contributed by atoms with Crippen LogP contribution in [0.3, 0.4) is 0 Å². The first-order chi connectivity index (χ1) is 9.92. The predicted molar refractivity (Wildman–Crippen MR) is 78.2 cm³/mol. The molecule has 0 saturated heterocycles. The number of aryl methyl sites for hydroxylation is 1. The molecule has 0 radical (unpaired) electrons. The van der Waals surface area contributed by atoms with Gasteiger partial charge in [-0.2, -0.15) is 5.10 Å². The Balaban J connectivity index is 2.13. The molecule has 116 valence electrons. The zero-order valence-electron chi connectivity index (χ0n) is 12.8. The fourth-order valence-electron chi connectivity index (χ4n) is 2.41. The second-order valence-electron chi connectivity index (χ2n) is 5.94. The second-order valence-corrected chi connectivity index (χ2v) is 5.94. The standard InChI is InChI=1S/C15H23N3O3/c1-4-18-13(7-11(17-18)9(2)3)15(21)16-12(8-14(19)20)10-5-6-10/h7,9-10,12H,4-6,8H2,1-3H3,(H,16,21)(H,19,20). The van der Waals surface area contributed by atoms with Crippen molar-refractivity contribution < 1.29 is 14.7 Å². The fraction of sp³-hybridized carbons (Fsp3) is 0.667. The van der Waals surface area contributed by atoms with E-state index in [1.807, 2.05) is 20.8 Å². The summed E-state index contributed by atoms with van der Waals surface area (Å²) in [7, 11) is 0. The van der Waals surface area contributed by atoms with E-state index in [0.717, 1.165) is 18.5 Å². The van der Waals surface area contributed by atoms with Gasteiger partial charge in [-0.15, -0.1) is 0 Å². The molecule has 6 nitrogen and oxygen atoms in total. The molecule has 0 spiro atoms. The molecule has 1 fully saturated rings. The minimum atomic E-state index is -0.876. The zero-order chi connectivity index (χ0) is 15.6. The van der Waals surface area contributed by atoms with Crippen LogP contribution in [0.15, 0.2) is 6.07 Å². The van der Waals surface area contributed by atoms with Crippen LogP contribution in [0.4, 0.5) is 0 Å². The first-order valence-electron chi connectivity index (χ1n) is 7.52. The Hall–Kier alpha value is -1.85. The highest BCUT2D eigenvalue weighted by molar-refractivity contribution is 5.93. The summed E-state index contributed by atoms with van der Waals surface area (Å²) in [6.07, 6.45) is 1.96. The van der Waals surface area contributed by atoms with Crippen LogP contribution in [-0.2, 0) is 11.3 Å². The van der Waals surface area contributed by atoms with Crippen molar-refractivity contribution in [3.63, 3.8) is 0 Å². The summed E-state index contributed by atoms with van der Waals surface area (Å²) in [4.78, 5) is 23.3. The summed E-state index contributed by atoms with van der Waals surface area (Å²) in [5, 5.41) is 16.2. The van der Waals surface area contributed by atoms with Gasteiger partial charge in [-0.05, 0) is 37.7 Å².